The first-order chi connectivity index (χ1) is 9.08. The Morgan fingerprint density at radius 1 is 1.53 bits per heavy atom. The van der Waals surface area contributed by atoms with Crippen LogP contribution in [-0.2, 0) is 11.3 Å². The summed E-state index contributed by atoms with van der Waals surface area (Å²) in [4.78, 5) is 14.6. The second-order valence-electron chi connectivity index (χ2n) is 4.11. The van der Waals surface area contributed by atoms with Crippen LogP contribution in [0, 0.1) is 0 Å². The van der Waals surface area contributed by atoms with E-state index in [1.54, 1.807) is 0 Å². The molecule has 8 nitrogen and oxygen atoms in total. The highest BCUT2D eigenvalue weighted by molar-refractivity contribution is 7.99. The van der Waals surface area contributed by atoms with Crippen LogP contribution in [0.25, 0.3) is 0 Å². The fourth-order valence-electron chi connectivity index (χ4n) is 1.51. The zero-order chi connectivity index (χ0) is 13.8. The lowest BCUT2D eigenvalue weighted by molar-refractivity contribution is -0.133. The van der Waals surface area contributed by atoms with Crippen molar-refractivity contribution in [3.63, 3.8) is 0 Å². The summed E-state index contributed by atoms with van der Waals surface area (Å²) in [7, 11) is 0. The zero-order valence-electron chi connectivity index (χ0n) is 10.5. The van der Waals surface area contributed by atoms with Gasteiger partial charge in [-0.15, -0.1) is 10.2 Å². The lowest BCUT2D eigenvalue weighted by Crippen LogP contribution is -2.10. The predicted octanol–water partition coefficient (Wildman–Crippen LogP) is 1.01. The number of thioether (sulfide) groups is 1. The maximum atomic E-state index is 10.6. The number of rotatable bonds is 6. The lowest BCUT2D eigenvalue weighted by Gasteiger charge is -2.09. The number of hydrogen-bond donors (Lipinski definition) is 1. The van der Waals surface area contributed by atoms with E-state index in [9.17, 15) is 4.79 Å². The molecular formula is C10H13N5O3S. The number of carboxylic acids is 1. The summed E-state index contributed by atoms with van der Waals surface area (Å²) in [5.41, 5.74) is 0. The van der Waals surface area contributed by atoms with E-state index < -0.39 is 5.97 Å². The topological polar surface area (TPSA) is 107 Å². The monoisotopic (exact) mass is 283 g/mol. The molecule has 9 heteroatoms. The fourth-order valence-corrected chi connectivity index (χ4v) is 2.18. The molecule has 0 amide bonds. The average Bonchev–Trinajstić information content (AvgIpc) is 2.96. The minimum absolute atomic E-state index is 0.0670. The van der Waals surface area contributed by atoms with Crippen molar-refractivity contribution in [2.24, 2.45) is 0 Å². The van der Waals surface area contributed by atoms with Gasteiger partial charge in [0.15, 0.2) is 11.0 Å². The van der Waals surface area contributed by atoms with Gasteiger partial charge >= 0.3 is 5.97 Å². The number of aliphatic carboxylic acids is 1. The van der Waals surface area contributed by atoms with Crippen molar-refractivity contribution in [2.75, 3.05) is 5.75 Å². The van der Waals surface area contributed by atoms with Crippen molar-refractivity contribution in [1.82, 2.24) is 24.9 Å². The molecule has 0 aromatic carbocycles. The Kier molecular flexibility index (Phi) is 4.15. The van der Waals surface area contributed by atoms with Gasteiger partial charge in [-0.05, 0) is 0 Å². The number of aromatic nitrogens is 5. The molecule has 0 unspecified atom stereocenters. The van der Waals surface area contributed by atoms with E-state index in [1.165, 1.54) is 6.39 Å². The molecule has 2 heterocycles. The van der Waals surface area contributed by atoms with E-state index in [4.69, 9.17) is 5.11 Å². The second kappa shape index (κ2) is 5.83. The van der Waals surface area contributed by atoms with Gasteiger partial charge < -0.3 is 9.63 Å². The first-order valence-corrected chi connectivity index (χ1v) is 6.59. The molecule has 0 fully saturated rings. The Morgan fingerprint density at radius 2 is 2.32 bits per heavy atom. The SMILES string of the molecule is CC(C)c1nnc(SCC(=O)O)n1Cc1ncon1. The van der Waals surface area contributed by atoms with Gasteiger partial charge in [0.1, 0.15) is 5.82 Å². The highest BCUT2D eigenvalue weighted by atomic mass is 32.2. The average molecular weight is 283 g/mol. The molecule has 1 N–H and O–H groups in total. The maximum absolute atomic E-state index is 10.6. The van der Waals surface area contributed by atoms with Crippen molar-refractivity contribution >= 4 is 17.7 Å². The molecule has 102 valence electrons. The van der Waals surface area contributed by atoms with Gasteiger partial charge in [-0.3, -0.25) is 9.36 Å². The summed E-state index contributed by atoms with van der Waals surface area (Å²) in [6.07, 6.45) is 1.25. The van der Waals surface area contributed by atoms with Gasteiger partial charge in [0.25, 0.3) is 0 Å². The minimum Gasteiger partial charge on any atom is -0.481 e. The Bertz CT molecular complexity index is 552. The molecule has 0 aliphatic rings. The van der Waals surface area contributed by atoms with E-state index in [2.05, 4.69) is 24.9 Å². The molecule has 0 bridgehead atoms. The largest absolute Gasteiger partial charge is 0.481 e. The van der Waals surface area contributed by atoms with Crippen LogP contribution in [0.15, 0.2) is 16.1 Å². The summed E-state index contributed by atoms with van der Waals surface area (Å²) < 4.78 is 6.49. The molecule has 0 spiro atoms. The fraction of sp³-hybridized carbons (Fsp3) is 0.500. The molecular weight excluding hydrogens is 270 g/mol. The van der Waals surface area contributed by atoms with Gasteiger partial charge in [-0.1, -0.05) is 30.8 Å². The molecule has 0 saturated heterocycles. The van der Waals surface area contributed by atoms with Crippen LogP contribution in [-0.4, -0.2) is 41.7 Å². The third-order valence-corrected chi connectivity index (χ3v) is 3.24. The van der Waals surface area contributed by atoms with Crippen LogP contribution in [0.1, 0.15) is 31.4 Å². The zero-order valence-corrected chi connectivity index (χ0v) is 11.3. The lowest BCUT2D eigenvalue weighted by atomic mass is 10.2. The number of carbonyl (C=O) groups is 1. The summed E-state index contributed by atoms with van der Waals surface area (Å²) in [5, 5.41) is 21.1. The van der Waals surface area contributed by atoms with Gasteiger partial charge in [-0.2, -0.15) is 4.98 Å². The predicted molar refractivity (Wildman–Crippen MR) is 65.9 cm³/mol. The van der Waals surface area contributed by atoms with E-state index >= 15 is 0 Å². The highest BCUT2D eigenvalue weighted by Gasteiger charge is 2.17. The Labute approximate surface area is 113 Å². The molecule has 0 radical (unpaired) electrons. The maximum Gasteiger partial charge on any atom is 0.313 e. The Hall–Kier alpha value is -1.90. The van der Waals surface area contributed by atoms with Crippen molar-refractivity contribution in [3.8, 4) is 0 Å². The minimum atomic E-state index is -0.898. The van der Waals surface area contributed by atoms with Crippen molar-refractivity contribution in [3.05, 3.63) is 18.0 Å². The number of nitrogens with zero attached hydrogens (tertiary/aromatic N) is 5. The van der Waals surface area contributed by atoms with Crippen LogP contribution in [0.5, 0.6) is 0 Å². The summed E-state index contributed by atoms with van der Waals surface area (Å²) >= 11 is 1.12. The second-order valence-corrected chi connectivity index (χ2v) is 5.05. The summed E-state index contributed by atoms with van der Waals surface area (Å²) in [6.45, 7) is 4.34. The van der Waals surface area contributed by atoms with E-state index in [0.717, 1.165) is 17.6 Å². The molecule has 0 aliphatic carbocycles. The van der Waals surface area contributed by atoms with Gasteiger partial charge in [0, 0.05) is 5.92 Å². The van der Waals surface area contributed by atoms with Crippen molar-refractivity contribution in [2.45, 2.75) is 31.5 Å². The third kappa shape index (κ3) is 3.31. The van der Waals surface area contributed by atoms with Crippen LogP contribution in [0.2, 0.25) is 0 Å². The number of carboxylic acid groups (broad SMARTS) is 1. The molecule has 19 heavy (non-hydrogen) atoms. The van der Waals surface area contributed by atoms with Crippen LogP contribution < -0.4 is 0 Å². The first kappa shape index (κ1) is 13.5. The van der Waals surface area contributed by atoms with Crippen molar-refractivity contribution < 1.29 is 14.4 Å². The van der Waals surface area contributed by atoms with Gasteiger partial charge in [0.2, 0.25) is 6.39 Å². The van der Waals surface area contributed by atoms with Crippen LogP contribution in [0.3, 0.4) is 0 Å². The van der Waals surface area contributed by atoms with Gasteiger partial charge in [0.05, 0.1) is 12.3 Å². The smallest absolute Gasteiger partial charge is 0.313 e. The molecule has 0 aliphatic heterocycles. The van der Waals surface area contributed by atoms with Gasteiger partial charge in [-0.25, -0.2) is 0 Å². The standard InChI is InChI=1S/C10H13N5O3S/c1-6(2)9-12-13-10(19-4-8(16)17)15(9)3-7-11-5-18-14-7/h5-6H,3-4H2,1-2H3,(H,16,17). The molecule has 0 atom stereocenters. The Morgan fingerprint density at radius 3 is 2.89 bits per heavy atom. The quantitative estimate of drug-likeness (QED) is 0.783. The molecule has 2 aromatic heterocycles. The van der Waals surface area contributed by atoms with E-state index in [-0.39, 0.29) is 11.7 Å². The van der Waals surface area contributed by atoms with Crippen LogP contribution >= 0.6 is 11.8 Å². The van der Waals surface area contributed by atoms with E-state index in [1.807, 2.05) is 18.4 Å². The van der Waals surface area contributed by atoms with Crippen molar-refractivity contribution in [1.29, 1.82) is 0 Å². The molecule has 2 aromatic rings. The summed E-state index contributed by atoms with van der Waals surface area (Å²) in [5.74, 6) is 0.461. The Balaban J connectivity index is 2.25. The summed E-state index contributed by atoms with van der Waals surface area (Å²) in [6, 6.07) is 0. The van der Waals surface area contributed by atoms with E-state index in [0.29, 0.717) is 17.5 Å². The molecule has 2 rings (SSSR count). The first-order valence-electron chi connectivity index (χ1n) is 5.61. The van der Waals surface area contributed by atoms with Crippen LogP contribution in [0.4, 0.5) is 0 Å². The number of hydrogen-bond acceptors (Lipinski definition) is 7. The molecule has 0 saturated carbocycles. The third-order valence-electron chi connectivity index (χ3n) is 2.29. The highest BCUT2D eigenvalue weighted by Crippen LogP contribution is 2.21. The normalized spacial score (nSPS) is 11.1.